The van der Waals surface area contributed by atoms with Crippen LogP contribution in [0.2, 0.25) is 0 Å². The molecule has 0 aliphatic heterocycles. The summed E-state index contributed by atoms with van der Waals surface area (Å²) in [6.45, 7) is 2.35. The van der Waals surface area contributed by atoms with E-state index in [0.29, 0.717) is 17.9 Å². The third-order valence-corrected chi connectivity index (χ3v) is 4.52. The maximum Gasteiger partial charge on any atom is 0.294 e. The van der Waals surface area contributed by atoms with Crippen LogP contribution < -0.4 is 15.9 Å². The number of nitrogens with two attached hydrogens (primary N) is 1. The van der Waals surface area contributed by atoms with E-state index in [4.69, 9.17) is 10.5 Å². The van der Waals surface area contributed by atoms with E-state index in [-0.39, 0.29) is 34.3 Å². The minimum Gasteiger partial charge on any atom is -0.494 e. The van der Waals surface area contributed by atoms with E-state index in [0.717, 1.165) is 6.21 Å². The van der Waals surface area contributed by atoms with E-state index >= 15 is 0 Å². The Bertz CT molecular complexity index is 1360. The van der Waals surface area contributed by atoms with Gasteiger partial charge in [-0.25, -0.2) is 10.1 Å². The second-order valence-electron chi connectivity index (χ2n) is 6.64. The quantitative estimate of drug-likeness (QED) is 0.222. The number of carbonyl (C=O) groups excluding carboxylic acids is 1. The minimum absolute atomic E-state index is 0.0406. The lowest BCUT2D eigenvalue weighted by molar-refractivity contribution is -0.385. The van der Waals surface area contributed by atoms with Crippen LogP contribution in [-0.4, -0.2) is 49.0 Å². The van der Waals surface area contributed by atoms with Crippen molar-refractivity contribution in [1.29, 1.82) is 0 Å². The molecule has 3 N–H and O–H groups in total. The molecule has 34 heavy (non-hydrogen) atoms. The number of nitrogen functional groups attached to an aromatic ring is 1. The standard InChI is InChI=1S/C20H17N9O5/c1-2-33-14-9-7-12(8-10-14)17-16(23-27-28(17)19-18(21)25-34-26-19)20(30)24-22-11-13-5-3-4-6-15(13)29(31)32/h3-11H,2H2,1H3,(H2,21,25)(H,24,30)/b22-11-. The number of nitro benzene ring substituents is 1. The van der Waals surface area contributed by atoms with Crippen LogP contribution in [0, 0.1) is 10.1 Å². The molecule has 0 fully saturated rings. The largest absolute Gasteiger partial charge is 0.494 e. The molecule has 0 radical (unpaired) electrons. The van der Waals surface area contributed by atoms with Crippen molar-refractivity contribution in [2.24, 2.45) is 5.10 Å². The van der Waals surface area contributed by atoms with Crippen LogP contribution in [0.15, 0.2) is 58.3 Å². The summed E-state index contributed by atoms with van der Waals surface area (Å²) in [6.07, 6.45) is 1.16. The lowest BCUT2D eigenvalue weighted by atomic mass is 10.1. The zero-order chi connectivity index (χ0) is 24.1. The third-order valence-electron chi connectivity index (χ3n) is 4.52. The molecule has 4 aromatic rings. The highest BCUT2D eigenvalue weighted by Gasteiger charge is 2.25. The highest BCUT2D eigenvalue weighted by atomic mass is 16.6. The zero-order valence-corrected chi connectivity index (χ0v) is 17.7. The Balaban J connectivity index is 1.68. The molecule has 2 aromatic heterocycles. The molecule has 1 amide bonds. The van der Waals surface area contributed by atoms with Crippen LogP contribution in [0.4, 0.5) is 11.5 Å². The monoisotopic (exact) mass is 463 g/mol. The van der Waals surface area contributed by atoms with Crippen molar-refractivity contribution in [2.75, 3.05) is 12.3 Å². The predicted octanol–water partition coefficient (Wildman–Crippen LogP) is 1.97. The van der Waals surface area contributed by atoms with Crippen molar-refractivity contribution >= 4 is 23.6 Å². The van der Waals surface area contributed by atoms with Gasteiger partial charge in [0.05, 0.1) is 23.3 Å². The molecule has 14 heteroatoms. The number of nitrogens with one attached hydrogen (secondary N) is 1. The molecule has 4 rings (SSSR count). The van der Waals surface area contributed by atoms with Crippen LogP contribution in [-0.2, 0) is 0 Å². The fourth-order valence-electron chi connectivity index (χ4n) is 3.03. The molecule has 0 spiro atoms. The maximum absolute atomic E-state index is 12.9. The van der Waals surface area contributed by atoms with Crippen molar-refractivity contribution < 1.29 is 19.1 Å². The van der Waals surface area contributed by atoms with Crippen molar-refractivity contribution in [3.63, 3.8) is 0 Å². The Kier molecular flexibility index (Phi) is 6.20. The van der Waals surface area contributed by atoms with E-state index < -0.39 is 10.8 Å². The van der Waals surface area contributed by atoms with Gasteiger partial charge in [0.15, 0.2) is 5.69 Å². The highest BCUT2D eigenvalue weighted by molar-refractivity contribution is 5.99. The number of benzene rings is 2. The normalized spacial score (nSPS) is 11.0. The van der Waals surface area contributed by atoms with Gasteiger partial charge in [0.2, 0.25) is 11.6 Å². The summed E-state index contributed by atoms with van der Waals surface area (Å²) >= 11 is 0. The molecule has 0 saturated heterocycles. The molecule has 172 valence electrons. The summed E-state index contributed by atoms with van der Waals surface area (Å²) in [5, 5.41) is 30.1. The lowest BCUT2D eigenvalue weighted by Crippen LogP contribution is -2.19. The predicted molar refractivity (Wildman–Crippen MR) is 118 cm³/mol. The van der Waals surface area contributed by atoms with E-state index in [2.05, 4.69) is 35.8 Å². The Morgan fingerprint density at radius 1 is 1.26 bits per heavy atom. The number of hydrogen-bond acceptors (Lipinski definition) is 11. The van der Waals surface area contributed by atoms with Gasteiger partial charge in [-0.05, 0) is 47.6 Å². The van der Waals surface area contributed by atoms with Gasteiger partial charge in [-0.1, -0.05) is 17.3 Å². The molecular weight excluding hydrogens is 446 g/mol. The second-order valence-corrected chi connectivity index (χ2v) is 6.64. The summed E-state index contributed by atoms with van der Waals surface area (Å²) in [4.78, 5) is 23.5. The van der Waals surface area contributed by atoms with Gasteiger partial charge in [-0.15, -0.1) is 5.10 Å². The number of hydrogen-bond donors (Lipinski definition) is 2. The van der Waals surface area contributed by atoms with Gasteiger partial charge in [0.25, 0.3) is 11.6 Å². The van der Waals surface area contributed by atoms with Gasteiger partial charge in [-0.3, -0.25) is 14.9 Å². The summed E-state index contributed by atoms with van der Waals surface area (Å²) < 4.78 is 11.3. The third kappa shape index (κ3) is 4.40. The fraction of sp³-hybridized carbons (Fsp3) is 0.100. The van der Waals surface area contributed by atoms with Crippen molar-refractivity contribution in [3.8, 4) is 22.8 Å². The number of carbonyl (C=O) groups is 1. The molecule has 0 atom stereocenters. The number of ether oxygens (including phenoxy) is 1. The van der Waals surface area contributed by atoms with Gasteiger partial charge in [0, 0.05) is 11.6 Å². The van der Waals surface area contributed by atoms with Gasteiger partial charge in [0.1, 0.15) is 11.4 Å². The number of para-hydroxylation sites is 1. The molecule has 14 nitrogen and oxygen atoms in total. The van der Waals surface area contributed by atoms with E-state index in [1.54, 1.807) is 30.3 Å². The summed E-state index contributed by atoms with van der Waals surface area (Å²) in [5.41, 5.74) is 8.84. The molecule has 0 bridgehead atoms. The molecule has 2 heterocycles. The number of nitrogens with zero attached hydrogens (tertiary/aromatic N) is 7. The Labute approximate surface area is 191 Å². The van der Waals surface area contributed by atoms with Gasteiger partial charge in [-0.2, -0.15) is 9.78 Å². The molecular formula is C20H17N9O5. The number of anilines is 1. The first-order valence-corrected chi connectivity index (χ1v) is 9.83. The van der Waals surface area contributed by atoms with Crippen molar-refractivity contribution in [3.05, 3.63) is 69.9 Å². The van der Waals surface area contributed by atoms with E-state index in [9.17, 15) is 14.9 Å². The van der Waals surface area contributed by atoms with E-state index in [1.807, 2.05) is 6.92 Å². The Morgan fingerprint density at radius 2 is 2.03 bits per heavy atom. The van der Waals surface area contributed by atoms with Crippen LogP contribution in [0.1, 0.15) is 23.0 Å². The smallest absolute Gasteiger partial charge is 0.294 e. The maximum atomic E-state index is 12.9. The number of amides is 1. The first-order valence-electron chi connectivity index (χ1n) is 9.83. The zero-order valence-electron chi connectivity index (χ0n) is 17.7. The summed E-state index contributed by atoms with van der Waals surface area (Å²) in [7, 11) is 0. The topological polar surface area (TPSA) is 189 Å². The van der Waals surface area contributed by atoms with Crippen LogP contribution >= 0.6 is 0 Å². The van der Waals surface area contributed by atoms with Crippen LogP contribution in [0.3, 0.4) is 0 Å². The number of nitro groups is 1. The Morgan fingerprint density at radius 3 is 2.71 bits per heavy atom. The fourth-order valence-corrected chi connectivity index (χ4v) is 3.03. The second kappa shape index (κ2) is 9.56. The molecule has 0 unspecified atom stereocenters. The molecule has 0 aliphatic rings. The number of aromatic nitrogens is 5. The van der Waals surface area contributed by atoms with Gasteiger partial charge < -0.3 is 10.5 Å². The van der Waals surface area contributed by atoms with Crippen LogP contribution in [0.25, 0.3) is 17.1 Å². The lowest BCUT2D eigenvalue weighted by Gasteiger charge is -2.07. The minimum atomic E-state index is -0.722. The van der Waals surface area contributed by atoms with Crippen molar-refractivity contribution in [1.82, 2.24) is 30.7 Å². The van der Waals surface area contributed by atoms with E-state index in [1.165, 1.54) is 22.9 Å². The molecule has 0 aliphatic carbocycles. The SMILES string of the molecule is CCOc1ccc(-c2c(C(=O)N/N=C\c3ccccc3[N+](=O)[O-])nnn2-c2nonc2N)cc1. The van der Waals surface area contributed by atoms with Gasteiger partial charge >= 0.3 is 0 Å². The average Bonchev–Trinajstić information content (AvgIpc) is 3.46. The molecule has 0 saturated carbocycles. The molecule has 2 aromatic carbocycles. The Hall–Kier alpha value is -5.14. The summed E-state index contributed by atoms with van der Waals surface area (Å²) in [6, 6.07) is 12.8. The van der Waals surface area contributed by atoms with Crippen molar-refractivity contribution in [2.45, 2.75) is 6.92 Å². The highest BCUT2D eigenvalue weighted by Crippen LogP contribution is 2.28. The average molecular weight is 463 g/mol. The number of hydrazone groups is 1. The summed E-state index contributed by atoms with van der Waals surface area (Å²) in [5.74, 6) is -0.106. The first-order chi connectivity index (χ1) is 16.5. The first kappa shape index (κ1) is 22.1. The van der Waals surface area contributed by atoms with Crippen LogP contribution in [0.5, 0.6) is 5.75 Å². The number of rotatable bonds is 8.